The number of nitrogens with zero attached hydrogens (tertiary/aromatic N) is 1. The summed E-state index contributed by atoms with van der Waals surface area (Å²) in [4.78, 5) is 15.2. The Labute approximate surface area is 194 Å². The van der Waals surface area contributed by atoms with Gasteiger partial charge in [0.1, 0.15) is 19.0 Å². The fourth-order valence-corrected chi connectivity index (χ4v) is 4.30. The molecule has 0 bridgehead atoms. The van der Waals surface area contributed by atoms with E-state index in [-0.39, 0.29) is 29.8 Å². The highest BCUT2D eigenvalue weighted by atomic mass is 19.1. The molecule has 8 heteroatoms. The fraction of sp³-hybridized carbons (Fsp3) is 0.480. The summed E-state index contributed by atoms with van der Waals surface area (Å²) in [5.41, 5.74) is 1.93. The lowest BCUT2D eigenvalue weighted by Gasteiger charge is -2.35. The molecule has 1 saturated heterocycles. The number of nitrogens with one attached hydrogen (secondary N) is 2. The normalized spacial score (nSPS) is 17.9. The second-order valence-corrected chi connectivity index (χ2v) is 8.69. The second-order valence-electron chi connectivity index (χ2n) is 8.69. The third-order valence-corrected chi connectivity index (χ3v) is 6.08. The van der Waals surface area contributed by atoms with E-state index in [1.165, 1.54) is 12.1 Å². The number of ether oxygens (including phenoxy) is 3. The summed E-state index contributed by atoms with van der Waals surface area (Å²) in [5, 5.41) is 6.14. The van der Waals surface area contributed by atoms with E-state index in [0.29, 0.717) is 38.7 Å². The number of amides is 2. The van der Waals surface area contributed by atoms with Crippen LogP contribution in [-0.4, -0.2) is 57.0 Å². The number of urea groups is 1. The molecule has 33 heavy (non-hydrogen) atoms. The van der Waals surface area contributed by atoms with Gasteiger partial charge in [0, 0.05) is 19.6 Å². The number of halogens is 1. The highest BCUT2D eigenvalue weighted by molar-refractivity contribution is 5.74. The second kappa shape index (κ2) is 10.9. The van der Waals surface area contributed by atoms with Crippen molar-refractivity contribution >= 4 is 6.03 Å². The van der Waals surface area contributed by atoms with Gasteiger partial charge in [0.05, 0.1) is 25.3 Å². The lowest BCUT2D eigenvalue weighted by Crippen LogP contribution is -2.46. The van der Waals surface area contributed by atoms with Crippen molar-refractivity contribution in [2.75, 3.05) is 46.1 Å². The van der Waals surface area contributed by atoms with Crippen LogP contribution in [0.15, 0.2) is 42.5 Å². The van der Waals surface area contributed by atoms with Crippen molar-refractivity contribution in [1.82, 2.24) is 15.5 Å². The van der Waals surface area contributed by atoms with Gasteiger partial charge in [-0.3, -0.25) is 4.90 Å². The summed E-state index contributed by atoms with van der Waals surface area (Å²) in [6.45, 7) is 8.40. The van der Waals surface area contributed by atoms with Gasteiger partial charge in [0.15, 0.2) is 11.5 Å². The van der Waals surface area contributed by atoms with Crippen LogP contribution in [0.2, 0.25) is 0 Å². The molecule has 2 N–H and O–H groups in total. The van der Waals surface area contributed by atoms with E-state index in [1.807, 2.05) is 18.2 Å². The average molecular weight is 458 g/mol. The first-order chi connectivity index (χ1) is 16.0. The molecular formula is C25H32FN3O4. The molecule has 0 radical (unpaired) electrons. The Morgan fingerprint density at radius 3 is 2.33 bits per heavy atom. The van der Waals surface area contributed by atoms with Crippen molar-refractivity contribution in [1.29, 1.82) is 0 Å². The van der Waals surface area contributed by atoms with Crippen molar-refractivity contribution < 1.29 is 23.4 Å². The first kappa shape index (κ1) is 23.3. The van der Waals surface area contributed by atoms with Gasteiger partial charge in [-0.05, 0) is 41.3 Å². The van der Waals surface area contributed by atoms with Gasteiger partial charge < -0.3 is 24.8 Å². The molecule has 0 spiro atoms. The molecule has 2 aromatic rings. The van der Waals surface area contributed by atoms with Crippen molar-refractivity contribution in [2.24, 2.45) is 5.92 Å². The highest BCUT2D eigenvalue weighted by Crippen LogP contribution is 2.34. The van der Waals surface area contributed by atoms with E-state index in [0.717, 1.165) is 30.0 Å². The lowest BCUT2D eigenvalue weighted by atomic mass is 9.95. The first-order valence-electron chi connectivity index (χ1n) is 11.5. The Kier molecular flexibility index (Phi) is 7.67. The summed E-state index contributed by atoms with van der Waals surface area (Å²) in [6, 6.07) is 11.8. The van der Waals surface area contributed by atoms with Crippen molar-refractivity contribution in [3.8, 4) is 11.5 Å². The predicted molar refractivity (Wildman–Crippen MR) is 123 cm³/mol. The van der Waals surface area contributed by atoms with Crippen molar-refractivity contribution in [2.45, 2.75) is 25.9 Å². The van der Waals surface area contributed by atoms with E-state index in [9.17, 15) is 9.18 Å². The zero-order valence-corrected chi connectivity index (χ0v) is 19.2. The minimum atomic E-state index is -0.274. The molecule has 2 aliphatic heterocycles. The summed E-state index contributed by atoms with van der Waals surface area (Å²) in [7, 11) is 0. The highest BCUT2D eigenvalue weighted by Gasteiger charge is 2.25. The fourth-order valence-electron chi connectivity index (χ4n) is 4.30. The van der Waals surface area contributed by atoms with E-state index >= 15 is 0 Å². The van der Waals surface area contributed by atoms with Crippen LogP contribution in [0, 0.1) is 11.7 Å². The molecule has 2 amide bonds. The maximum absolute atomic E-state index is 13.5. The van der Waals surface area contributed by atoms with Crippen LogP contribution in [0.1, 0.15) is 37.1 Å². The van der Waals surface area contributed by atoms with Crippen molar-refractivity contribution in [3.05, 3.63) is 59.4 Å². The van der Waals surface area contributed by atoms with E-state index < -0.39 is 0 Å². The number of carbonyl (C=O) groups excluding carboxylic acids is 1. The van der Waals surface area contributed by atoms with Crippen LogP contribution in [0.3, 0.4) is 0 Å². The Hall–Kier alpha value is -2.84. The molecule has 0 aliphatic carbocycles. The molecule has 2 aliphatic rings. The van der Waals surface area contributed by atoms with Crippen LogP contribution in [0.4, 0.5) is 9.18 Å². The van der Waals surface area contributed by atoms with Crippen LogP contribution in [0.25, 0.3) is 0 Å². The molecule has 4 rings (SSSR count). The van der Waals surface area contributed by atoms with Crippen LogP contribution < -0.4 is 20.1 Å². The summed E-state index contributed by atoms with van der Waals surface area (Å²) < 4.78 is 30.3. The van der Waals surface area contributed by atoms with Gasteiger partial charge in [-0.15, -0.1) is 0 Å². The predicted octanol–water partition coefficient (Wildman–Crippen LogP) is 3.67. The molecule has 7 nitrogen and oxygen atoms in total. The third-order valence-electron chi connectivity index (χ3n) is 6.08. The van der Waals surface area contributed by atoms with Crippen LogP contribution in [0.5, 0.6) is 11.5 Å². The van der Waals surface area contributed by atoms with E-state index in [1.54, 1.807) is 12.1 Å². The molecule has 0 aromatic heterocycles. The first-order valence-corrected chi connectivity index (χ1v) is 11.5. The van der Waals surface area contributed by atoms with Gasteiger partial charge in [-0.1, -0.05) is 32.0 Å². The molecule has 0 unspecified atom stereocenters. The van der Waals surface area contributed by atoms with Gasteiger partial charge in [0.25, 0.3) is 0 Å². The average Bonchev–Trinajstić information content (AvgIpc) is 2.84. The Morgan fingerprint density at radius 2 is 1.64 bits per heavy atom. The minimum Gasteiger partial charge on any atom is -0.486 e. The van der Waals surface area contributed by atoms with Gasteiger partial charge in [-0.25, -0.2) is 9.18 Å². The summed E-state index contributed by atoms with van der Waals surface area (Å²) in [6.07, 6.45) is 0. The molecule has 1 fully saturated rings. The lowest BCUT2D eigenvalue weighted by molar-refractivity contribution is 0.0166. The smallest absolute Gasteiger partial charge is 0.315 e. The van der Waals surface area contributed by atoms with Gasteiger partial charge in [0.2, 0.25) is 0 Å². The number of carbonyl (C=O) groups is 1. The largest absolute Gasteiger partial charge is 0.486 e. The van der Waals surface area contributed by atoms with Crippen LogP contribution in [-0.2, 0) is 4.74 Å². The molecule has 2 atom stereocenters. The van der Waals surface area contributed by atoms with Gasteiger partial charge >= 0.3 is 6.03 Å². The maximum atomic E-state index is 13.5. The Bertz CT molecular complexity index is 932. The topological polar surface area (TPSA) is 72.1 Å². The zero-order chi connectivity index (χ0) is 23.2. The maximum Gasteiger partial charge on any atom is 0.315 e. The summed E-state index contributed by atoms with van der Waals surface area (Å²) >= 11 is 0. The standard InChI is InChI=1S/C25H32FN3O4/c1-17(2)24(19-5-8-22-23(15-19)33-14-13-32-22)28-25(30)27-16-21(29-9-11-31-12-10-29)18-3-6-20(26)7-4-18/h3-8,15,17,21,24H,9-14,16H2,1-2H3,(H2,27,28,30)/t21-,24-/m0/s1. The van der Waals surface area contributed by atoms with Crippen LogP contribution >= 0.6 is 0 Å². The molecular weight excluding hydrogens is 425 g/mol. The Morgan fingerprint density at radius 1 is 0.970 bits per heavy atom. The number of benzene rings is 2. The molecule has 178 valence electrons. The SMILES string of the molecule is CC(C)[C@H](NC(=O)NC[C@@H](c1ccc(F)cc1)N1CCOCC1)c1ccc2c(c1)OCCO2. The quantitative estimate of drug-likeness (QED) is 0.664. The molecule has 2 heterocycles. The molecule has 0 saturated carbocycles. The number of hydrogen-bond donors (Lipinski definition) is 2. The Balaban J connectivity index is 1.43. The number of hydrogen-bond acceptors (Lipinski definition) is 5. The number of morpholine rings is 1. The monoisotopic (exact) mass is 457 g/mol. The number of fused-ring (bicyclic) bond motifs is 1. The number of rotatable bonds is 7. The van der Waals surface area contributed by atoms with E-state index in [2.05, 4.69) is 29.4 Å². The van der Waals surface area contributed by atoms with Crippen molar-refractivity contribution in [3.63, 3.8) is 0 Å². The zero-order valence-electron chi connectivity index (χ0n) is 19.2. The summed E-state index contributed by atoms with van der Waals surface area (Å²) in [5.74, 6) is 1.33. The minimum absolute atomic E-state index is 0.0629. The van der Waals surface area contributed by atoms with Gasteiger partial charge in [-0.2, -0.15) is 0 Å². The van der Waals surface area contributed by atoms with E-state index in [4.69, 9.17) is 14.2 Å². The third kappa shape index (κ3) is 5.94. The molecule has 2 aromatic carbocycles.